The zero-order valence-electron chi connectivity index (χ0n) is 15.0. The van der Waals surface area contributed by atoms with Crippen LogP contribution in [0.5, 0.6) is 11.5 Å². The maximum Gasteiger partial charge on any atom is 0.252 e. The number of primary amides is 1. The fourth-order valence-electron chi connectivity index (χ4n) is 3.09. The van der Waals surface area contributed by atoms with E-state index in [-0.39, 0.29) is 12.2 Å². The van der Waals surface area contributed by atoms with Crippen LogP contribution in [0.15, 0.2) is 18.2 Å². The highest BCUT2D eigenvalue weighted by molar-refractivity contribution is 6.01. The van der Waals surface area contributed by atoms with Crippen LogP contribution in [-0.4, -0.2) is 36.2 Å². The molecule has 1 aliphatic rings. The molecular weight excluding hydrogens is 318 g/mol. The number of amides is 1. The molecule has 1 fully saturated rings. The molecule has 0 bridgehead atoms. The number of nitrogens with one attached hydrogen (secondary N) is 1. The van der Waals surface area contributed by atoms with Gasteiger partial charge in [0.25, 0.3) is 5.91 Å². The fraction of sp³-hybridized carbons (Fsp3) is 0.474. The lowest BCUT2D eigenvalue weighted by Crippen LogP contribution is -2.37. The molecule has 0 saturated carbocycles. The fourth-order valence-corrected chi connectivity index (χ4v) is 3.09. The number of aromatic nitrogens is 1. The first kappa shape index (κ1) is 17.5. The first-order valence-corrected chi connectivity index (χ1v) is 8.73. The Labute approximate surface area is 147 Å². The number of nitrogens with two attached hydrogens (primary N) is 1. The number of hydrogen-bond acceptors (Lipinski definition) is 5. The van der Waals surface area contributed by atoms with Crippen LogP contribution in [0, 0.1) is 6.92 Å². The van der Waals surface area contributed by atoms with Crippen molar-refractivity contribution < 1.29 is 14.3 Å². The minimum atomic E-state index is -0.528. The van der Waals surface area contributed by atoms with Gasteiger partial charge in [0.05, 0.1) is 17.2 Å². The summed E-state index contributed by atoms with van der Waals surface area (Å²) in [5.41, 5.74) is 7.37. The number of pyridine rings is 1. The Bertz CT molecular complexity index is 783. The molecule has 0 spiro atoms. The number of hydrogen-bond donors (Lipinski definition) is 2. The van der Waals surface area contributed by atoms with E-state index in [9.17, 15) is 4.79 Å². The highest BCUT2D eigenvalue weighted by Gasteiger charge is 2.19. The molecule has 1 unspecified atom stereocenters. The van der Waals surface area contributed by atoms with Crippen molar-refractivity contribution in [2.24, 2.45) is 5.73 Å². The Morgan fingerprint density at radius 3 is 2.76 bits per heavy atom. The number of carbonyl (C=O) groups excluding carboxylic acids is 1. The predicted octanol–water partition coefficient (Wildman–Crippen LogP) is 2.56. The van der Waals surface area contributed by atoms with Gasteiger partial charge in [-0.05, 0) is 52.3 Å². The summed E-state index contributed by atoms with van der Waals surface area (Å²) in [5.74, 6) is 0.702. The molecule has 2 heterocycles. The molecule has 2 aromatic rings. The molecule has 1 aromatic heterocycles. The number of fused-ring (bicyclic) bond motifs is 1. The molecule has 1 aliphatic heterocycles. The van der Waals surface area contributed by atoms with E-state index < -0.39 is 5.91 Å². The Balaban J connectivity index is 2.07. The molecule has 6 heteroatoms. The number of benzene rings is 1. The van der Waals surface area contributed by atoms with Crippen molar-refractivity contribution in [1.82, 2.24) is 10.3 Å². The standard InChI is InChI=1S/C19H25N3O3/c1-11(2)24-18-9-14-16(8-15(18)19(20)23)22-12(3)7-17(14)25-13-5-4-6-21-10-13/h7-9,11,13,21H,4-6,10H2,1-3H3,(H2,20,23). The van der Waals surface area contributed by atoms with Gasteiger partial charge in [-0.3, -0.25) is 9.78 Å². The smallest absolute Gasteiger partial charge is 0.252 e. The van der Waals surface area contributed by atoms with Crippen molar-refractivity contribution in [3.63, 3.8) is 0 Å². The first-order chi connectivity index (χ1) is 11.9. The van der Waals surface area contributed by atoms with Crippen molar-refractivity contribution >= 4 is 16.8 Å². The van der Waals surface area contributed by atoms with E-state index in [1.54, 1.807) is 6.07 Å². The van der Waals surface area contributed by atoms with Crippen LogP contribution in [0.3, 0.4) is 0 Å². The van der Waals surface area contributed by atoms with E-state index in [2.05, 4.69) is 10.3 Å². The van der Waals surface area contributed by atoms with Crippen LogP contribution >= 0.6 is 0 Å². The minimum Gasteiger partial charge on any atom is -0.490 e. The second-order valence-corrected chi connectivity index (χ2v) is 6.74. The zero-order chi connectivity index (χ0) is 18.0. The average molecular weight is 343 g/mol. The van der Waals surface area contributed by atoms with Gasteiger partial charge >= 0.3 is 0 Å². The lowest BCUT2D eigenvalue weighted by Gasteiger charge is -2.25. The lowest BCUT2D eigenvalue weighted by atomic mass is 10.1. The molecule has 0 aliphatic carbocycles. The normalized spacial score (nSPS) is 17.7. The van der Waals surface area contributed by atoms with Crippen LogP contribution in [0.25, 0.3) is 10.9 Å². The summed E-state index contributed by atoms with van der Waals surface area (Å²) in [4.78, 5) is 16.3. The number of nitrogens with zero attached hydrogens (tertiary/aromatic N) is 1. The van der Waals surface area contributed by atoms with Gasteiger partial charge in [-0.1, -0.05) is 0 Å². The Morgan fingerprint density at radius 1 is 1.32 bits per heavy atom. The molecule has 25 heavy (non-hydrogen) atoms. The lowest BCUT2D eigenvalue weighted by molar-refractivity contribution is 0.0994. The molecule has 1 aromatic carbocycles. The topological polar surface area (TPSA) is 86.5 Å². The maximum absolute atomic E-state index is 11.8. The highest BCUT2D eigenvalue weighted by atomic mass is 16.5. The molecule has 3 N–H and O–H groups in total. The van der Waals surface area contributed by atoms with Crippen LogP contribution in [0.4, 0.5) is 0 Å². The van der Waals surface area contributed by atoms with E-state index in [0.717, 1.165) is 42.8 Å². The average Bonchev–Trinajstić information content (AvgIpc) is 2.55. The minimum absolute atomic E-state index is 0.0686. The van der Waals surface area contributed by atoms with Crippen molar-refractivity contribution in [3.8, 4) is 11.5 Å². The second-order valence-electron chi connectivity index (χ2n) is 6.74. The highest BCUT2D eigenvalue weighted by Crippen LogP contribution is 2.33. The van der Waals surface area contributed by atoms with Gasteiger partial charge in [0.2, 0.25) is 0 Å². The second kappa shape index (κ2) is 7.27. The number of aryl methyl sites for hydroxylation is 1. The summed E-state index contributed by atoms with van der Waals surface area (Å²) in [6, 6.07) is 5.43. The molecular formula is C19H25N3O3. The predicted molar refractivity (Wildman–Crippen MR) is 97.3 cm³/mol. The van der Waals surface area contributed by atoms with Crippen molar-refractivity contribution in [2.45, 2.75) is 45.8 Å². The van der Waals surface area contributed by atoms with E-state index in [1.807, 2.05) is 32.9 Å². The van der Waals surface area contributed by atoms with E-state index >= 15 is 0 Å². The number of ether oxygens (including phenoxy) is 2. The third kappa shape index (κ3) is 4.02. The summed E-state index contributed by atoms with van der Waals surface area (Å²) in [5, 5.41) is 4.18. The summed E-state index contributed by atoms with van der Waals surface area (Å²) < 4.78 is 12.0. The van der Waals surface area contributed by atoms with Crippen molar-refractivity contribution in [1.29, 1.82) is 0 Å². The van der Waals surface area contributed by atoms with Gasteiger partial charge in [-0.25, -0.2) is 0 Å². The Morgan fingerprint density at radius 2 is 2.12 bits per heavy atom. The molecule has 0 radical (unpaired) electrons. The third-order valence-electron chi connectivity index (χ3n) is 4.17. The van der Waals surface area contributed by atoms with Crippen LogP contribution in [-0.2, 0) is 0 Å². The summed E-state index contributed by atoms with van der Waals surface area (Å²) in [7, 11) is 0. The van der Waals surface area contributed by atoms with Gasteiger partial charge in [0.15, 0.2) is 0 Å². The molecule has 134 valence electrons. The Kier molecular flexibility index (Phi) is 5.08. The molecule has 1 amide bonds. The molecule has 1 atom stereocenters. The van der Waals surface area contributed by atoms with Gasteiger partial charge in [-0.2, -0.15) is 0 Å². The first-order valence-electron chi connectivity index (χ1n) is 8.73. The number of carbonyl (C=O) groups is 1. The van der Waals surface area contributed by atoms with Crippen LogP contribution < -0.4 is 20.5 Å². The van der Waals surface area contributed by atoms with Crippen LogP contribution in [0.1, 0.15) is 42.7 Å². The quantitative estimate of drug-likeness (QED) is 0.871. The van der Waals surface area contributed by atoms with Gasteiger partial charge in [-0.15, -0.1) is 0 Å². The monoisotopic (exact) mass is 343 g/mol. The van der Waals surface area contributed by atoms with Crippen LogP contribution in [0.2, 0.25) is 0 Å². The summed E-state index contributed by atoms with van der Waals surface area (Å²) in [6.07, 6.45) is 2.18. The van der Waals surface area contributed by atoms with E-state index in [4.69, 9.17) is 15.2 Å². The number of rotatable bonds is 5. The largest absolute Gasteiger partial charge is 0.490 e. The molecule has 6 nitrogen and oxygen atoms in total. The van der Waals surface area contributed by atoms with Crippen molar-refractivity contribution in [3.05, 3.63) is 29.5 Å². The Hall–Kier alpha value is -2.34. The molecule has 3 rings (SSSR count). The van der Waals surface area contributed by atoms with E-state index in [1.165, 1.54) is 0 Å². The zero-order valence-corrected chi connectivity index (χ0v) is 15.0. The van der Waals surface area contributed by atoms with Gasteiger partial charge in [0, 0.05) is 23.7 Å². The molecule has 1 saturated heterocycles. The number of piperidine rings is 1. The maximum atomic E-state index is 11.8. The third-order valence-corrected chi connectivity index (χ3v) is 4.17. The van der Waals surface area contributed by atoms with E-state index in [0.29, 0.717) is 16.8 Å². The summed E-state index contributed by atoms with van der Waals surface area (Å²) >= 11 is 0. The van der Waals surface area contributed by atoms with Gasteiger partial charge in [0.1, 0.15) is 17.6 Å². The van der Waals surface area contributed by atoms with Gasteiger partial charge < -0.3 is 20.5 Å². The van der Waals surface area contributed by atoms with Crippen molar-refractivity contribution in [2.75, 3.05) is 13.1 Å². The SMILES string of the molecule is Cc1cc(OC2CCCNC2)c2cc(OC(C)C)c(C(N)=O)cc2n1. The summed E-state index contributed by atoms with van der Waals surface area (Å²) in [6.45, 7) is 7.59.